The molecule has 0 bridgehead atoms. The Morgan fingerprint density at radius 3 is 2.60 bits per heavy atom. The van der Waals surface area contributed by atoms with Crippen molar-refractivity contribution in [2.24, 2.45) is 0 Å². The smallest absolute Gasteiger partial charge is 0.141 e. The molecule has 0 aromatic heterocycles. The van der Waals surface area contributed by atoms with E-state index in [1.807, 2.05) is 13.8 Å². The van der Waals surface area contributed by atoms with Crippen LogP contribution in [0.1, 0.15) is 13.8 Å². The fourth-order valence-corrected chi connectivity index (χ4v) is 1.35. The van der Waals surface area contributed by atoms with E-state index in [0.717, 1.165) is 5.69 Å². The van der Waals surface area contributed by atoms with Crippen molar-refractivity contribution in [3.05, 3.63) is 29.0 Å². The summed E-state index contributed by atoms with van der Waals surface area (Å²) in [5.41, 5.74) is 0.790. The Morgan fingerprint density at radius 1 is 1.40 bits per heavy atom. The number of nitrogens with one attached hydrogen (secondary N) is 1. The van der Waals surface area contributed by atoms with Crippen LogP contribution in [0, 0.1) is 5.82 Å². The maximum atomic E-state index is 12.9. The Balaban J connectivity index is 2.68. The van der Waals surface area contributed by atoms with Gasteiger partial charge in [-0.25, -0.2) is 4.39 Å². The second-order valence-electron chi connectivity index (χ2n) is 3.50. The van der Waals surface area contributed by atoms with Crippen molar-refractivity contribution in [1.82, 2.24) is 0 Å². The molecule has 15 heavy (non-hydrogen) atoms. The first-order valence-electron chi connectivity index (χ1n) is 4.79. The molecule has 0 aliphatic carbocycles. The molecule has 4 heteroatoms. The van der Waals surface area contributed by atoms with Gasteiger partial charge in [0.2, 0.25) is 0 Å². The fourth-order valence-electron chi connectivity index (χ4n) is 1.17. The molecule has 0 amide bonds. The first-order chi connectivity index (χ1) is 7.04. The molecule has 2 unspecified atom stereocenters. The van der Waals surface area contributed by atoms with Gasteiger partial charge in [-0.2, -0.15) is 0 Å². The summed E-state index contributed by atoms with van der Waals surface area (Å²) in [7, 11) is 1.65. The molecule has 1 aromatic carbocycles. The summed E-state index contributed by atoms with van der Waals surface area (Å²) in [6.45, 7) is 3.95. The van der Waals surface area contributed by atoms with Gasteiger partial charge >= 0.3 is 0 Å². The van der Waals surface area contributed by atoms with Crippen LogP contribution in [0.2, 0.25) is 5.02 Å². The van der Waals surface area contributed by atoms with Gasteiger partial charge in [0, 0.05) is 18.8 Å². The van der Waals surface area contributed by atoms with Crippen LogP contribution in [0.25, 0.3) is 0 Å². The molecule has 1 aromatic rings. The van der Waals surface area contributed by atoms with Gasteiger partial charge in [0.25, 0.3) is 0 Å². The van der Waals surface area contributed by atoms with Gasteiger partial charge in [0.05, 0.1) is 11.1 Å². The number of hydrogen-bond acceptors (Lipinski definition) is 2. The number of methoxy groups -OCH3 is 1. The molecular formula is C11H15ClFNO. The maximum absolute atomic E-state index is 12.9. The predicted molar refractivity (Wildman–Crippen MR) is 61.0 cm³/mol. The molecule has 84 valence electrons. The zero-order valence-corrected chi connectivity index (χ0v) is 9.81. The highest BCUT2D eigenvalue weighted by Crippen LogP contribution is 2.20. The van der Waals surface area contributed by atoms with E-state index < -0.39 is 5.82 Å². The van der Waals surface area contributed by atoms with E-state index in [-0.39, 0.29) is 17.2 Å². The molecule has 0 spiro atoms. The van der Waals surface area contributed by atoms with E-state index in [1.165, 1.54) is 6.07 Å². The molecule has 2 nitrogen and oxygen atoms in total. The Hall–Kier alpha value is -0.800. The van der Waals surface area contributed by atoms with Gasteiger partial charge < -0.3 is 10.1 Å². The average molecular weight is 232 g/mol. The molecule has 0 fully saturated rings. The Bertz CT molecular complexity index is 332. The van der Waals surface area contributed by atoms with Crippen molar-refractivity contribution < 1.29 is 9.13 Å². The Morgan fingerprint density at radius 2 is 2.07 bits per heavy atom. The van der Waals surface area contributed by atoms with Crippen LogP contribution in [0.4, 0.5) is 10.1 Å². The predicted octanol–water partition coefficient (Wildman–Crippen LogP) is 3.31. The zero-order chi connectivity index (χ0) is 11.4. The molecule has 0 aliphatic rings. The molecule has 1 rings (SSSR count). The summed E-state index contributed by atoms with van der Waals surface area (Å²) in [4.78, 5) is 0. The van der Waals surface area contributed by atoms with Crippen molar-refractivity contribution in [1.29, 1.82) is 0 Å². The third-order valence-corrected chi connectivity index (χ3v) is 2.68. The molecule has 0 saturated heterocycles. The van der Waals surface area contributed by atoms with Crippen LogP contribution in [-0.2, 0) is 4.74 Å². The fraction of sp³-hybridized carbons (Fsp3) is 0.455. The topological polar surface area (TPSA) is 21.3 Å². The van der Waals surface area contributed by atoms with E-state index in [1.54, 1.807) is 19.2 Å². The Kier molecular flexibility index (Phi) is 4.36. The van der Waals surface area contributed by atoms with E-state index in [0.29, 0.717) is 0 Å². The van der Waals surface area contributed by atoms with Gasteiger partial charge in [0.1, 0.15) is 5.82 Å². The Labute approximate surface area is 94.4 Å². The summed E-state index contributed by atoms with van der Waals surface area (Å²) in [5.74, 6) is -0.408. The lowest BCUT2D eigenvalue weighted by Gasteiger charge is -2.21. The molecule has 0 heterocycles. The number of anilines is 1. The number of benzene rings is 1. The van der Waals surface area contributed by atoms with Crippen LogP contribution in [0.15, 0.2) is 18.2 Å². The SMILES string of the molecule is COC(C)C(C)Nc1ccc(F)c(Cl)c1. The number of hydrogen-bond donors (Lipinski definition) is 1. The third-order valence-electron chi connectivity index (χ3n) is 2.39. The van der Waals surface area contributed by atoms with Gasteiger partial charge in [0.15, 0.2) is 0 Å². The van der Waals surface area contributed by atoms with E-state index in [2.05, 4.69) is 5.32 Å². The van der Waals surface area contributed by atoms with E-state index in [9.17, 15) is 4.39 Å². The molecule has 0 saturated carbocycles. The lowest BCUT2D eigenvalue weighted by molar-refractivity contribution is 0.106. The molecular weight excluding hydrogens is 217 g/mol. The number of rotatable bonds is 4. The lowest BCUT2D eigenvalue weighted by atomic mass is 10.2. The third kappa shape index (κ3) is 3.36. The quantitative estimate of drug-likeness (QED) is 0.859. The van der Waals surface area contributed by atoms with Gasteiger partial charge in [-0.1, -0.05) is 11.6 Å². The maximum Gasteiger partial charge on any atom is 0.141 e. The van der Waals surface area contributed by atoms with E-state index >= 15 is 0 Å². The number of halogens is 2. The molecule has 2 atom stereocenters. The van der Waals surface area contributed by atoms with Crippen LogP contribution in [-0.4, -0.2) is 19.3 Å². The minimum atomic E-state index is -0.408. The van der Waals surface area contributed by atoms with E-state index in [4.69, 9.17) is 16.3 Å². The van der Waals surface area contributed by atoms with Crippen LogP contribution >= 0.6 is 11.6 Å². The summed E-state index contributed by atoms with van der Waals surface area (Å²) in [6, 6.07) is 4.70. The number of ether oxygens (including phenoxy) is 1. The van der Waals surface area contributed by atoms with Crippen molar-refractivity contribution in [2.45, 2.75) is 26.0 Å². The van der Waals surface area contributed by atoms with Crippen LogP contribution < -0.4 is 5.32 Å². The second-order valence-corrected chi connectivity index (χ2v) is 3.91. The normalized spacial score (nSPS) is 14.7. The molecule has 0 radical (unpaired) electrons. The second kappa shape index (κ2) is 5.33. The largest absolute Gasteiger partial charge is 0.380 e. The van der Waals surface area contributed by atoms with Gasteiger partial charge in [-0.3, -0.25) is 0 Å². The van der Waals surface area contributed by atoms with Gasteiger partial charge in [-0.15, -0.1) is 0 Å². The van der Waals surface area contributed by atoms with Crippen molar-refractivity contribution in [3.8, 4) is 0 Å². The van der Waals surface area contributed by atoms with Crippen LogP contribution in [0.5, 0.6) is 0 Å². The summed E-state index contributed by atoms with van der Waals surface area (Å²) in [6.07, 6.45) is 0.0776. The highest BCUT2D eigenvalue weighted by Gasteiger charge is 2.11. The monoisotopic (exact) mass is 231 g/mol. The minimum absolute atomic E-state index is 0.0776. The molecule has 0 aliphatic heterocycles. The standard InChI is InChI=1S/C11H15ClFNO/c1-7(8(2)15-3)14-9-4-5-11(13)10(12)6-9/h4-8,14H,1-3H3. The highest BCUT2D eigenvalue weighted by molar-refractivity contribution is 6.31. The minimum Gasteiger partial charge on any atom is -0.380 e. The molecule has 1 N–H and O–H groups in total. The van der Waals surface area contributed by atoms with Crippen molar-refractivity contribution in [2.75, 3.05) is 12.4 Å². The summed E-state index contributed by atoms with van der Waals surface area (Å²) >= 11 is 5.66. The first kappa shape index (κ1) is 12.3. The average Bonchev–Trinajstić information content (AvgIpc) is 2.22. The summed E-state index contributed by atoms with van der Waals surface area (Å²) < 4.78 is 18.0. The zero-order valence-electron chi connectivity index (χ0n) is 9.05. The van der Waals surface area contributed by atoms with Crippen molar-refractivity contribution in [3.63, 3.8) is 0 Å². The van der Waals surface area contributed by atoms with Crippen LogP contribution in [0.3, 0.4) is 0 Å². The van der Waals surface area contributed by atoms with Crippen molar-refractivity contribution >= 4 is 17.3 Å². The summed E-state index contributed by atoms with van der Waals surface area (Å²) in [5, 5.41) is 3.31. The first-order valence-corrected chi connectivity index (χ1v) is 5.16. The highest BCUT2D eigenvalue weighted by atomic mass is 35.5. The van der Waals surface area contributed by atoms with Gasteiger partial charge in [-0.05, 0) is 32.0 Å². The lowest BCUT2D eigenvalue weighted by Crippen LogP contribution is -2.29.